The van der Waals surface area contributed by atoms with E-state index in [4.69, 9.17) is 0 Å². The van der Waals surface area contributed by atoms with Crippen molar-refractivity contribution in [3.8, 4) is 0 Å². The topological polar surface area (TPSA) is 80.4 Å². The predicted octanol–water partition coefficient (Wildman–Crippen LogP) is 3.15. The van der Waals surface area contributed by atoms with Gasteiger partial charge in [-0.05, 0) is 40.8 Å². The minimum atomic E-state index is -0.813. The second-order valence-electron chi connectivity index (χ2n) is 4.62. The Labute approximate surface area is 112 Å². The Morgan fingerprint density at radius 3 is 2.61 bits per heavy atom. The van der Waals surface area contributed by atoms with Gasteiger partial charge in [0.05, 0.1) is 14.8 Å². The molecular formula is C12H12BrNO4. The summed E-state index contributed by atoms with van der Waals surface area (Å²) in [7, 11) is 0. The van der Waals surface area contributed by atoms with Crippen LogP contribution in [-0.2, 0) is 11.2 Å². The lowest BCUT2D eigenvalue weighted by Gasteiger charge is -2.37. The smallest absolute Gasteiger partial charge is 0.309 e. The first-order valence-electron chi connectivity index (χ1n) is 5.61. The van der Waals surface area contributed by atoms with Crippen molar-refractivity contribution in [3.63, 3.8) is 0 Å². The molecule has 0 spiro atoms. The van der Waals surface area contributed by atoms with Crippen LogP contribution < -0.4 is 0 Å². The Bertz CT molecular complexity index is 511. The van der Waals surface area contributed by atoms with Crippen molar-refractivity contribution in [3.05, 3.63) is 38.3 Å². The van der Waals surface area contributed by atoms with E-state index in [1.807, 2.05) is 0 Å². The summed E-state index contributed by atoms with van der Waals surface area (Å²) in [5, 5.41) is 20.1. The van der Waals surface area contributed by atoms with Crippen LogP contribution in [0, 0.1) is 15.5 Å². The van der Waals surface area contributed by atoms with Gasteiger partial charge in [-0.15, -0.1) is 0 Å². The Hall–Kier alpha value is -1.43. The maximum absolute atomic E-state index is 11.3. The van der Waals surface area contributed by atoms with Crippen molar-refractivity contribution in [2.45, 2.75) is 25.7 Å². The Balaban J connectivity index is 2.32. The number of rotatable bonds is 4. The van der Waals surface area contributed by atoms with Gasteiger partial charge in [0.25, 0.3) is 5.69 Å². The molecule has 0 bridgehead atoms. The highest BCUT2D eigenvalue weighted by Gasteiger charge is 2.44. The molecule has 1 N–H and O–H groups in total. The SMILES string of the molecule is O=C(O)C1(Cc2cccc([N+](=O)[O-])c2Br)CCC1. The van der Waals surface area contributed by atoms with Gasteiger partial charge in [0, 0.05) is 6.07 Å². The van der Waals surface area contributed by atoms with Crippen LogP contribution >= 0.6 is 15.9 Å². The monoisotopic (exact) mass is 313 g/mol. The van der Waals surface area contributed by atoms with Crippen LogP contribution in [0.1, 0.15) is 24.8 Å². The third-order valence-corrected chi connectivity index (χ3v) is 4.46. The molecule has 1 aliphatic carbocycles. The van der Waals surface area contributed by atoms with Crippen LogP contribution in [0.2, 0.25) is 0 Å². The standard InChI is InChI=1S/C12H12BrNO4/c13-10-8(3-1-4-9(10)14(17)18)7-12(11(15)16)5-2-6-12/h1,3-4H,2,5-7H2,(H,15,16). The fourth-order valence-corrected chi connectivity index (χ4v) is 2.83. The van der Waals surface area contributed by atoms with Crippen molar-refractivity contribution < 1.29 is 14.8 Å². The highest BCUT2D eigenvalue weighted by Crippen LogP contribution is 2.45. The first kappa shape index (κ1) is 13.0. The van der Waals surface area contributed by atoms with Gasteiger partial charge < -0.3 is 5.11 Å². The van der Waals surface area contributed by atoms with Gasteiger partial charge >= 0.3 is 5.97 Å². The molecule has 18 heavy (non-hydrogen) atoms. The first-order valence-corrected chi connectivity index (χ1v) is 6.41. The van der Waals surface area contributed by atoms with E-state index in [0.29, 0.717) is 29.3 Å². The number of carbonyl (C=O) groups is 1. The second kappa shape index (κ2) is 4.68. The van der Waals surface area contributed by atoms with Gasteiger partial charge in [0.2, 0.25) is 0 Å². The van der Waals surface area contributed by atoms with E-state index in [0.717, 1.165) is 6.42 Å². The minimum absolute atomic E-state index is 0.0210. The maximum atomic E-state index is 11.3. The summed E-state index contributed by atoms with van der Waals surface area (Å²) in [5.41, 5.74) is -0.0729. The third-order valence-electron chi connectivity index (χ3n) is 3.55. The van der Waals surface area contributed by atoms with E-state index in [1.165, 1.54) is 6.07 Å². The van der Waals surface area contributed by atoms with Crippen molar-refractivity contribution >= 4 is 27.6 Å². The van der Waals surface area contributed by atoms with Crippen molar-refractivity contribution in [2.75, 3.05) is 0 Å². The Kier molecular flexibility index (Phi) is 3.38. The van der Waals surface area contributed by atoms with Gasteiger partial charge in [0.1, 0.15) is 0 Å². The maximum Gasteiger partial charge on any atom is 0.309 e. The number of halogens is 1. The molecule has 1 aromatic rings. The fraction of sp³-hybridized carbons (Fsp3) is 0.417. The third kappa shape index (κ3) is 2.12. The van der Waals surface area contributed by atoms with Crippen molar-refractivity contribution in [1.29, 1.82) is 0 Å². The highest BCUT2D eigenvalue weighted by atomic mass is 79.9. The molecule has 0 saturated heterocycles. The zero-order valence-electron chi connectivity index (χ0n) is 9.56. The molecule has 0 radical (unpaired) electrons. The number of carboxylic acid groups (broad SMARTS) is 1. The molecule has 0 atom stereocenters. The number of benzene rings is 1. The lowest BCUT2D eigenvalue weighted by atomic mass is 9.65. The average Bonchev–Trinajstić information content (AvgIpc) is 2.24. The summed E-state index contributed by atoms with van der Waals surface area (Å²) in [4.78, 5) is 21.6. The molecular weight excluding hydrogens is 302 g/mol. The minimum Gasteiger partial charge on any atom is -0.481 e. The number of hydrogen-bond donors (Lipinski definition) is 1. The summed E-state index contributed by atoms with van der Waals surface area (Å²) < 4.78 is 0.391. The predicted molar refractivity (Wildman–Crippen MR) is 68.4 cm³/mol. The van der Waals surface area contributed by atoms with Crippen LogP contribution in [0.25, 0.3) is 0 Å². The molecule has 1 fully saturated rings. The number of hydrogen-bond acceptors (Lipinski definition) is 3. The van der Waals surface area contributed by atoms with E-state index in [9.17, 15) is 20.0 Å². The van der Waals surface area contributed by atoms with Gasteiger partial charge in [-0.3, -0.25) is 14.9 Å². The van der Waals surface area contributed by atoms with Crippen molar-refractivity contribution in [1.82, 2.24) is 0 Å². The number of aliphatic carboxylic acids is 1. The van der Waals surface area contributed by atoms with Crippen LogP contribution in [0.5, 0.6) is 0 Å². The van der Waals surface area contributed by atoms with Gasteiger partial charge in [-0.1, -0.05) is 18.6 Å². The van der Waals surface area contributed by atoms with Gasteiger partial charge in [-0.25, -0.2) is 0 Å². The van der Waals surface area contributed by atoms with E-state index >= 15 is 0 Å². The lowest BCUT2D eigenvalue weighted by Crippen LogP contribution is -2.39. The molecule has 1 aliphatic rings. The summed E-state index contributed by atoms with van der Waals surface area (Å²) in [6.45, 7) is 0. The largest absolute Gasteiger partial charge is 0.481 e. The van der Waals surface area contributed by atoms with Crippen molar-refractivity contribution in [2.24, 2.45) is 5.41 Å². The Morgan fingerprint density at radius 1 is 1.50 bits per heavy atom. The lowest BCUT2D eigenvalue weighted by molar-refractivity contribution is -0.385. The molecule has 0 aromatic heterocycles. The van der Waals surface area contributed by atoms with E-state index < -0.39 is 16.3 Å². The Morgan fingerprint density at radius 2 is 2.17 bits per heavy atom. The van der Waals surface area contributed by atoms with Crippen LogP contribution in [0.4, 0.5) is 5.69 Å². The number of nitrogens with zero attached hydrogens (tertiary/aromatic N) is 1. The summed E-state index contributed by atoms with van der Waals surface area (Å²) >= 11 is 3.20. The molecule has 5 nitrogen and oxygen atoms in total. The molecule has 2 rings (SSSR count). The van der Waals surface area contributed by atoms with Gasteiger partial charge in [0.15, 0.2) is 0 Å². The van der Waals surface area contributed by atoms with E-state index in [1.54, 1.807) is 12.1 Å². The van der Waals surface area contributed by atoms with E-state index in [-0.39, 0.29) is 5.69 Å². The van der Waals surface area contributed by atoms with Crippen LogP contribution in [0.15, 0.2) is 22.7 Å². The average molecular weight is 314 g/mol. The molecule has 1 aromatic carbocycles. The normalized spacial score (nSPS) is 16.9. The number of nitro benzene ring substituents is 1. The summed E-state index contributed by atoms with van der Waals surface area (Å²) in [5.74, 6) is -0.813. The van der Waals surface area contributed by atoms with Crippen LogP contribution in [-0.4, -0.2) is 16.0 Å². The molecule has 96 valence electrons. The van der Waals surface area contributed by atoms with E-state index in [2.05, 4.69) is 15.9 Å². The molecule has 0 unspecified atom stereocenters. The second-order valence-corrected chi connectivity index (χ2v) is 5.42. The number of nitro groups is 1. The number of carboxylic acids is 1. The zero-order chi connectivity index (χ0) is 13.3. The molecule has 0 heterocycles. The molecule has 1 saturated carbocycles. The summed E-state index contributed by atoms with van der Waals surface area (Å²) in [6, 6.07) is 4.73. The highest BCUT2D eigenvalue weighted by molar-refractivity contribution is 9.10. The summed E-state index contributed by atoms with van der Waals surface area (Å²) in [6.07, 6.45) is 2.51. The first-order chi connectivity index (χ1) is 8.46. The molecule has 0 aliphatic heterocycles. The molecule has 6 heteroatoms. The molecule has 0 amide bonds. The fourth-order valence-electron chi connectivity index (χ4n) is 2.28. The van der Waals surface area contributed by atoms with Crippen LogP contribution in [0.3, 0.4) is 0 Å². The zero-order valence-corrected chi connectivity index (χ0v) is 11.1. The van der Waals surface area contributed by atoms with Gasteiger partial charge in [-0.2, -0.15) is 0 Å². The quantitative estimate of drug-likeness (QED) is 0.684.